The molecule has 170 valence electrons. The lowest BCUT2D eigenvalue weighted by molar-refractivity contribution is 0.0877. The minimum absolute atomic E-state index is 0.00610. The van der Waals surface area contributed by atoms with Gasteiger partial charge in [-0.2, -0.15) is 4.98 Å². The summed E-state index contributed by atoms with van der Waals surface area (Å²) < 4.78 is 25.1. The fourth-order valence-corrected chi connectivity index (χ4v) is 4.36. The largest absolute Gasteiger partial charge is 0.376 e. The van der Waals surface area contributed by atoms with Crippen LogP contribution in [-0.4, -0.2) is 40.3 Å². The molecule has 3 aromatic rings. The number of aromatic nitrogens is 2. The van der Waals surface area contributed by atoms with Crippen molar-refractivity contribution in [2.24, 2.45) is 0 Å². The van der Waals surface area contributed by atoms with Gasteiger partial charge in [-0.3, -0.25) is 4.90 Å². The average molecular weight is 448 g/mol. The molecule has 1 fully saturated rings. The summed E-state index contributed by atoms with van der Waals surface area (Å²) in [4.78, 5) is 19.4. The van der Waals surface area contributed by atoms with E-state index < -0.39 is 6.04 Å². The van der Waals surface area contributed by atoms with Gasteiger partial charge in [0.05, 0.1) is 24.3 Å². The Morgan fingerprint density at radius 1 is 1.18 bits per heavy atom. The Morgan fingerprint density at radius 3 is 2.73 bits per heavy atom. The van der Waals surface area contributed by atoms with Crippen molar-refractivity contribution in [2.75, 3.05) is 13.2 Å². The Kier molecular flexibility index (Phi) is 5.68. The molecule has 1 aromatic heterocycles. The quantitative estimate of drug-likeness (QED) is 0.603. The highest BCUT2D eigenvalue weighted by molar-refractivity contribution is 5.87. The molecule has 0 radical (unpaired) electrons. The van der Waals surface area contributed by atoms with Crippen LogP contribution < -0.4 is 5.32 Å². The second-order valence-corrected chi connectivity index (χ2v) is 8.47. The van der Waals surface area contributed by atoms with Crippen molar-refractivity contribution in [1.82, 2.24) is 20.4 Å². The van der Waals surface area contributed by atoms with Gasteiger partial charge >= 0.3 is 6.03 Å². The molecule has 1 saturated heterocycles. The number of carbonyl (C=O) groups is 1. The van der Waals surface area contributed by atoms with Crippen molar-refractivity contribution < 1.29 is 18.4 Å². The summed E-state index contributed by atoms with van der Waals surface area (Å²) in [5.41, 5.74) is 3.99. The number of rotatable bonds is 5. The molecule has 33 heavy (non-hydrogen) atoms. The minimum Gasteiger partial charge on any atom is -0.376 e. The van der Waals surface area contributed by atoms with E-state index in [1.54, 1.807) is 17.0 Å². The average Bonchev–Trinajstić information content (AvgIpc) is 3.49. The third-order valence-corrected chi connectivity index (χ3v) is 6.16. The number of urea groups is 1. The molecular formula is C25H25FN4O3. The maximum Gasteiger partial charge on any atom is 0.322 e. The van der Waals surface area contributed by atoms with Crippen molar-refractivity contribution in [1.29, 1.82) is 0 Å². The number of amides is 2. The third-order valence-electron chi connectivity index (χ3n) is 6.16. The summed E-state index contributed by atoms with van der Waals surface area (Å²) in [5.74, 6) is 0.198. The highest BCUT2D eigenvalue weighted by Crippen LogP contribution is 2.37. The number of allylic oxidation sites excluding steroid dienone is 1. The number of halogens is 1. The molecule has 7 nitrogen and oxygen atoms in total. The fourth-order valence-electron chi connectivity index (χ4n) is 4.36. The van der Waals surface area contributed by atoms with E-state index >= 15 is 0 Å². The van der Waals surface area contributed by atoms with Crippen LogP contribution in [0.3, 0.4) is 0 Å². The van der Waals surface area contributed by atoms with Crippen LogP contribution in [0.5, 0.6) is 0 Å². The Balaban J connectivity index is 1.57. The zero-order valence-electron chi connectivity index (χ0n) is 18.5. The molecule has 2 aliphatic heterocycles. The smallest absolute Gasteiger partial charge is 0.322 e. The van der Waals surface area contributed by atoms with Gasteiger partial charge in [-0.1, -0.05) is 47.1 Å². The van der Waals surface area contributed by atoms with Crippen LogP contribution in [-0.2, 0) is 4.74 Å². The van der Waals surface area contributed by atoms with E-state index in [0.29, 0.717) is 24.3 Å². The highest BCUT2D eigenvalue weighted by Gasteiger charge is 2.37. The molecule has 1 N–H and O–H groups in total. The van der Waals surface area contributed by atoms with Gasteiger partial charge in [-0.15, -0.1) is 0 Å². The maximum absolute atomic E-state index is 13.7. The number of hydrogen-bond donors (Lipinski definition) is 1. The van der Waals surface area contributed by atoms with Crippen LogP contribution in [0.1, 0.15) is 42.8 Å². The summed E-state index contributed by atoms with van der Waals surface area (Å²) in [5, 5.41) is 7.18. The van der Waals surface area contributed by atoms with E-state index in [-0.39, 0.29) is 29.7 Å². The van der Waals surface area contributed by atoms with Gasteiger partial charge in [-0.25, -0.2) is 9.18 Å². The first-order valence-corrected chi connectivity index (χ1v) is 11.1. The highest BCUT2D eigenvalue weighted by atomic mass is 19.1. The Morgan fingerprint density at radius 2 is 2.00 bits per heavy atom. The SMILES string of the molecule is CC1=C(c2nc(-c3cccc(F)c3)no2)C(c2ccc(C)cc2)NC(=O)N1CC1CCCO1. The first-order valence-electron chi connectivity index (χ1n) is 11.1. The van der Waals surface area contributed by atoms with Crippen LogP contribution in [0.2, 0.25) is 0 Å². The summed E-state index contributed by atoms with van der Waals surface area (Å²) in [6.45, 7) is 5.06. The maximum atomic E-state index is 13.7. The fraction of sp³-hybridized carbons (Fsp3) is 0.320. The molecule has 2 amide bonds. The van der Waals surface area contributed by atoms with E-state index in [0.717, 1.165) is 29.7 Å². The first-order chi connectivity index (χ1) is 16.0. The second kappa shape index (κ2) is 8.78. The second-order valence-electron chi connectivity index (χ2n) is 8.47. The molecule has 0 spiro atoms. The van der Waals surface area contributed by atoms with Crippen LogP contribution in [0, 0.1) is 12.7 Å². The van der Waals surface area contributed by atoms with Crippen molar-refractivity contribution in [3.8, 4) is 11.4 Å². The van der Waals surface area contributed by atoms with E-state index in [1.807, 2.05) is 38.1 Å². The summed E-state index contributed by atoms with van der Waals surface area (Å²) in [6.07, 6.45) is 1.90. The molecule has 2 aromatic carbocycles. The zero-order chi connectivity index (χ0) is 22.9. The number of benzene rings is 2. The van der Waals surface area contributed by atoms with Crippen LogP contribution >= 0.6 is 0 Å². The third kappa shape index (κ3) is 4.26. The van der Waals surface area contributed by atoms with E-state index in [9.17, 15) is 9.18 Å². The molecule has 0 saturated carbocycles. The molecule has 0 aliphatic carbocycles. The van der Waals surface area contributed by atoms with Gasteiger partial charge in [0.1, 0.15) is 5.82 Å². The predicted octanol–water partition coefficient (Wildman–Crippen LogP) is 4.86. The van der Waals surface area contributed by atoms with E-state index in [4.69, 9.17) is 9.26 Å². The molecule has 8 heteroatoms. The predicted molar refractivity (Wildman–Crippen MR) is 120 cm³/mol. The van der Waals surface area contributed by atoms with E-state index in [1.165, 1.54) is 12.1 Å². The van der Waals surface area contributed by atoms with Gasteiger partial charge < -0.3 is 14.6 Å². The Bertz CT molecular complexity index is 1200. The molecular weight excluding hydrogens is 423 g/mol. The van der Waals surface area contributed by atoms with Crippen LogP contribution in [0.15, 0.2) is 58.8 Å². The number of aryl methyl sites for hydroxylation is 1. The lowest BCUT2D eigenvalue weighted by Crippen LogP contribution is -2.48. The Hall–Kier alpha value is -3.52. The number of carbonyl (C=O) groups excluding carboxylic acids is 1. The monoisotopic (exact) mass is 448 g/mol. The van der Waals surface area contributed by atoms with Gasteiger partial charge in [0.15, 0.2) is 0 Å². The van der Waals surface area contributed by atoms with Crippen molar-refractivity contribution in [3.63, 3.8) is 0 Å². The number of nitrogens with zero attached hydrogens (tertiary/aromatic N) is 3. The zero-order valence-corrected chi connectivity index (χ0v) is 18.5. The number of nitrogens with one attached hydrogen (secondary N) is 1. The molecule has 3 heterocycles. The van der Waals surface area contributed by atoms with Crippen LogP contribution in [0.4, 0.5) is 9.18 Å². The molecule has 2 atom stereocenters. The summed E-state index contributed by atoms with van der Waals surface area (Å²) in [6, 6.07) is 13.4. The molecule has 2 unspecified atom stereocenters. The Labute approximate surface area is 191 Å². The lowest BCUT2D eigenvalue weighted by atomic mass is 9.94. The van der Waals surface area contributed by atoms with Crippen molar-refractivity contribution in [3.05, 3.63) is 77.1 Å². The normalized spacial score (nSPS) is 20.9. The number of hydrogen-bond acceptors (Lipinski definition) is 5. The van der Waals surface area contributed by atoms with Gasteiger partial charge in [-0.05, 0) is 44.4 Å². The van der Waals surface area contributed by atoms with Crippen LogP contribution in [0.25, 0.3) is 17.0 Å². The topological polar surface area (TPSA) is 80.5 Å². The lowest BCUT2D eigenvalue weighted by Gasteiger charge is -2.36. The first kappa shape index (κ1) is 21.3. The summed E-state index contributed by atoms with van der Waals surface area (Å²) >= 11 is 0. The molecule has 2 aliphatic rings. The summed E-state index contributed by atoms with van der Waals surface area (Å²) in [7, 11) is 0. The number of ether oxygens (including phenoxy) is 1. The van der Waals surface area contributed by atoms with Gasteiger partial charge in [0.2, 0.25) is 5.82 Å². The van der Waals surface area contributed by atoms with Crippen molar-refractivity contribution in [2.45, 2.75) is 38.8 Å². The molecule has 5 rings (SSSR count). The minimum atomic E-state index is -0.459. The van der Waals surface area contributed by atoms with Gasteiger partial charge in [0.25, 0.3) is 5.89 Å². The van der Waals surface area contributed by atoms with Crippen molar-refractivity contribution >= 4 is 11.6 Å². The van der Waals surface area contributed by atoms with Gasteiger partial charge in [0, 0.05) is 17.9 Å². The van der Waals surface area contributed by atoms with E-state index in [2.05, 4.69) is 15.5 Å². The standard InChI is InChI=1S/C25H25FN4O3/c1-15-8-10-17(11-9-15)22-21(16(2)30(25(31)27-22)14-20-7-4-12-32-20)24-28-23(29-33-24)18-5-3-6-19(26)13-18/h3,5-6,8-11,13,20,22H,4,7,12,14H2,1-2H3,(H,27,31). The molecule has 0 bridgehead atoms.